The lowest BCUT2D eigenvalue weighted by Gasteiger charge is -2.15. The predicted octanol–water partition coefficient (Wildman–Crippen LogP) is 2.93. The van der Waals surface area contributed by atoms with Crippen LogP contribution in [0.3, 0.4) is 0 Å². The van der Waals surface area contributed by atoms with Gasteiger partial charge in [-0.15, -0.1) is 0 Å². The van der Waals surface area contributed by atoms with Gasteiger partial charge in [0.2, 0.25) is 0 Å². The fourth-order valence-corrected chi connectivity index (χ4v) is 2.52. The smallest absolute Gasteiger partial charge is 0.134 e. The number of rotatable bonds is 6. The maximum Gasteiger partial charge on any atom is 0.134 e. The average Bonchev–Trinajstić information content (AvgIpc) is 2.25. The first-order chi connectivity index (χ1) is 8.38. The third-order valence-corrected chi connectivity index (χ3v) is 3.68. The molecule has 2 atom stereocenters. The maximum atomic E-state index is 11.0. The zero-order valence-corrected chi connectivity index (χ0v) is 13.6. The van der Waals surface area contributed by atoms with E-state index in [0.717, 1.165) is 22.7 Å². The van der Waals surface area contributed by atoms with Crippen LogP contribution in [0.4, 0.5) is 5.82 Å². The largest absolute Gasteiger partial charge is 0.367 e. The van der Waals surface area contributed by atoms with Gasteiger partial charge in [-0.1, -0.05) is 13.8 Å². The molecule has 102 valence electrons. The second kappa shape index (κ2) is 7.19. The van der Waals surface area contributed by atoms with Crippen LogP contribution in [0.25, 0.3) is 0 Å². The Bertz CT molecular complexity index is 426. The van der Waals surface area contributed by atoms with Gasteiger partial charge < -0.3 is 5.32 Å². The highest BCUT2D eigenvalue weighted by Gasteiger charge is 2.09. The van der Waals surface area contributed by atoms with Crippen molar-refractivity contribution >= 4 is 32.5 Å². The molecule has 0 bridgehead atoms. The highest BCUT2D eigenvalue weighted by molar-refractivity contribution is 9.10. The molecular formula is C12H20BrN3OS. The Labute approximate surface area is 120 Å². The minimum absolute atomic E-state index is 0.246. The Kier molecular flexibility index (Phi) is 6.21. The van der Waals surface area contributed by atoms with Gasteiger partial charge in [0.1, 0.15) is 16.2 Å². The quantitative estimate of drug-likeness (QED) is 0.813. The van der Waals surface area contributed by atoms with Crippen molar-refractivity contribution in [2.24, 2.45) is 0 Å². The number of aromatic nitrogens is 2. The third kappa shape index (κ3) is 5.44. The van der Waals surface area contributed by atoms with E-state index in [9.17, 15) is 4.21 Å². The highest BCUT2D eigenvalue weighted by atomic mass is 79.9. The Morgan fingerprint density at radius 2 is 2.06 bits per heavy atom. The van der Waals surface area contributed by atoms with Gasteiger partial charge >= 0.3 is 0 Å². The fraction of sp³-hybridized carbons (Fsp3) is 0.667. The molecule has 1 heterocycles. The molecule has 0 amide bonds. The van der Waals surface area contributed by atoms with E-state index in [2.05, 4.69) is 52.0 Å². The van der Waals surface area contributed by atoms with Gasteiger partial charge in [0.15, 0.2) is 0 Å². The Morgan fingerprint density at radius 1 is 1.39 bits per heavy atom. The van der Waals surface area contributed by atoms with Gasteiger partial charge in [0.05, 0.1) is 0 Å². The molecule has 4 nitrogen and oxygen atoms in total. The minimum atomic E-state index is -0.742. The molecule has 0 radical (unpaired) electrons. The van der Waals surface area contributed by atoms with Gasteiger partial charge in [0, 0.05) is 40.8 Å². The van der Waals surface area contributed by atoms with Crippen LogP contribution in [0.5, 0.6) is 0 Å². The van der Waals surface area contributed by atoms with Crippen LogP contribution in [0.2, 0.25) is 0 Å². The molecule has 18 heavy (non-hydrogen) atoms. The zero-order valence-electron chi connectivity index (χ0n) is 11.2. The first kappa shape index (κ1) is 15.6. The molecule has 0 fully saturated rings. The second-order valence-corrected chi connectivity index (χ2v) is 7.07. The molecule has 1 N–H and O–H groups in total. The molecule has 0 saturated carbocycles. The van der Waals surface area contributed by atoms with Crippen molar-refractivity contribution in [3.8, 4) is 0 Å². The second-order valence-electron chi connectivity index (χ2n) is 4.70. The Morgan fingerprint density at radius 3 is 2.61 bits per heavy atom. The molecule has 2 unspecified atom stereocenters. The molecular weight excluding hydrogens is 314 g/mol. The number of anilines is 1. The predicted molar refractivity (Wildman–Crippen MR) is 80.5 cm³/mol. The lowest BCUT2D eigenvalue weighted by atomic mass is 10.2. The lowest BCUT2D eigenvalue weighted by Crippen LogP contribution is -2.19. The third-order valence-electron chi connectivity index (χ3n) is 2.46. The molecule has 0 aliphatic rings. The number of nitrogens with one attached hydrogen (secondary N) is 1. The van der Waals surface area contributed by atoms with E-state index in [-0.39, 0.29) is 6.04 Å². The van der Waals surface area contributed by atoms with Crippen LogP contribution in [0.1, 0.15) is 38.9 Å². The van der Waals surface area contributed by atoms with E-state index in [1.54, 1.807) is 6.26 Å². The van der Waals surface area contributed by atoms with Crippen LogP contribution in [0, 0.1) is 0 Å². The van der Waals surface area contributed by atoms with E-state index < -0.39 is 10.8 Å². The summed E-state index contributed by atoms with van der Waals surface area (Å²) in [7, 11) is -0.742. The minimum Gasteiger partial charge on any atom is -0.367 e. The van der Waals surface area contributed by atoms with Crippen LogP contribution in [-0.2, 0) is 10.8 Å². The van der Waals surface area contributed by atoms with Crippen LogP contribution in [-0.4, -0.2) is 32.2 Å². The van der Waals surface area contributed by atoms with Gasteiger partial charge in [-0.2, -0.15) is 0 Å². The van der Waals surface area contributed by atoms with Crippen molar-refractivity contribution in [2.45, 2.75) is 39.2 Å². The van der Waals surface area contributed by atoms with Crippen molar-refractivity contribution in [1.82, 2.24) is 9.97 Å². The number of nitrogens with zero attached hydrogens (tertiary/aromatic N) is 2. The molecule has 1 aromatic rings. The van der Waals surface area contributed by atoms with E-state index in [4.69, 9.17) is 0 Å². The van der Waals surface area contributed by atoms with Crippen molar-refractivity contribution in [3.05, 3.63) is 16.5 Å². The first-order valence-corrected chi connectivity index (χ1v) is 8.51. The summed E-state index contributed by atoms with van der Waals surface area (Å²) in [5.41, 5.74) is 0. The SMILES string of the molecule is CC(CCS(C)=O)Nc1cc(Br)nc(C(C)C)n1. The lowest BCUT2D eigenvalue weighted by molar-refractivity contribution is 0.677. The number of hydrogen-bond acceptors (Lipinski definition) is 4. The fourth-order valence-electron chi connectivity index (χ4n) is 1.43. The van der Waals surface area contributed by atoms with Gasteiger partial charge in [-0.05, 0) is 29.3 Å². The van der Waals surface area contributed by atoms with Crippen molar-refractivity contribution in [2.75, 3.05) is 17.3 Å². The van der Waals surface area contributed by atoms with E-state index >= 15 is 0 Å². The standard InChI is InChI=1S/C12H20BrN3OS/c1-8(2)12-15-10(13)7-11(16-12)14-9(3)5-6-18(4)17/h7-9H,5-6H2,1-4H3,(H,14,15,16). The summed E-state index contributed by atoms with van der Waals surface area (Å²) in [4.78, 5) is 8.80. The van der Waals surface area contributed by atoms with Gasteiger partial charge in [-0.25, -0.2) is 9.97 Å². The molecule has 6 heteroatoms. The molecule has 0 aliphatic carbocycles. The van der Waals surface area contributed by atoms with Crippen molar-refractivity contribution in [1.29, 1.82) is 0 Å². The van der Waals surface area contributed by atoms with Crippen LogP contribution < -0.4 is 5.32 Å². The molecule has 0 saturated heterocycles. The van der Waals surface area contributed by atoms with E-state index in [0.29, 0.717) is 11.7 Å². The summed E-state index contributed by atoms with van der Waals surface area (Å²) >= 11 is 3.39. The number of hydrogen-bond donors (Lipinski definition) is 1. The summed E-state index contributed by atoms with van der Waals surface area (Å²) < 4.78 is 11.8. The Balaban J connectivity index is 2.69. The monoisotopic (exact) mass is 333 g/mol. The van der Waals surface area contributed by atoms with E-state index in [1.165, 1.54) is 0 Å². The molecule has 1 aromatic heterocycles. The normalized spacial score (nSPS) is 14.6. The maximum absolute atomic E-state index is 11.0. The first-order valence-electron chi connectivity index (χ1n) is 5.99. The average molecular weight is 334 g/mol. The number of halogens is 1. The summed E-state index contributed by atoms with van der Waals surface area (Å²) in [5.74, 6) is 2.63. The summed E-state index contributed by atoms with van der Waals surface area (Å²) in [6.07, 6.45) is 2.59. The van der Waals surface area contributed by atoms with Crippen LogP contribution in [0.15, 0.2) is 10.7 Å². The molecule has 1 rings (SSSR count). The van der Waals surface area contributed by atoms with Crippen molar-refractivity contribution in [3.63, 3.8) is 0 Å². The molecule has 0 spiro atoms. The summed E-state index contributed by atoms with van der Waals surface area (Å²) in [5, 5.41) is 3.32. The highest BCUT2D eigenvalue weighted by Crippen LogP contribution is 2.18. The van der Waals surface area contributed by atoms with Gasteiger partial charge in [0.25, 0.3) is 0 Å². The summed E-state index contributed by atoms with van der Waals surface area (Å²) in [6, 6.07) is 2.11. The molecule has 0 aromatic carbocycles. The summed E-state index contributed by atoms with van der Waals surface area (Å²) in [6.45, 7) is 6.20. The van der Waals surface area contributed by atoms with E-state index in [1.807, 2.05) is 6.07 Å². The molecule has 0 aliphatic heterocycles. The van der Waals surface area contributed by atoms with Crippen LogP contribution >= 0.6 is 15.9 Å². The van der Waals surface area contributed by atoms with Crippen molar-refractivity contribution < 1.29 is 4.21 Å². The van der Waals surface area contributed by atoms with Gasteiger partial charge in [-0.3, -0.25) is 4.21 Å². The Hall–Kier alpha value is -0.490. The topological polar surface area (TPSA) is 54.9 Å². The zero-order chi connectivity index (χ0) is 13.7.